The van der Waals surface area contributed by atoms with Crippen LogP contribution in [0.4, 0.5) is 5.69 Å². The monoisotopic (exact) mass is 590 g/mol. The van der Waals surface area contributed by atoms with Gasteiger partial charge in [-0.25, -0.2) is 9.78 Å². The van der Waals surface area contributed by atoms with Gasteiger partial charge in [0.1, 0.15) is 5.82 Å². The van der Waals surface area contributed by atoms with Crippen LogP contribution in [0, 0.1) is 0 Å². The number of aromatic nitrogens is 4. The number of hydrogen-bond donors (Lipinski definition) is 3. The molecule has 0 bridgehead atoms. The Kier molecular flexibility index (Phi) is 12.9. The second-order valence-corrected chi connectivity index (χ2v) is 9.67. The summed E-state index contributed by atoms with van der Waals surface area (Å²) in [6.45, 7) is 6.13. The van der Waals surface area contributed by atoms with E-state index < -0.39 is 6.10 Å². The van der Waals surface area contributed by atoms with Crippen LogP contribution in [0.2, 0.25) is 0 Å². The number of aryl methyl sites for hydroxylation is 2. The zero-order valence-corrected chi connectivity index (χ0v) is 24.7. The molecule has 11 heteroatoms. The first-order valence-corrected chi connectivity index (χ1v) is 13.4. The van der Waals surface area contributed by atoms with E-state index in [4.69, 9.17) is 10.7 Å². The van der Waals surface area contributed by atoms with Crippen molar-refractivity contribution in [1.29, 1.82) is 0 Å². The van der Waals surface area contributed by atoms with Crippen molar-refractivity contribution in [2.24, 2.45) is 0 Å². The van der Waals surface area contributed by atoms with Gasteiger partial charge in [0.05, 0.1) is 6.10 Å². The van der Waals surface area contributed by atoms with Gasteiger partial charge in [-0.2, -0.15) is 0 Å². The predicted octanol–water partition coefficient (Wildman–Crippen LogP) is 3.39. The molecule has 0 radical (unpaired) electrons. The van der Waals surface area contributed by atoms with E-state index in [-0.39, 0.29) is 36.1 Å². The molecule has 2 aromatic carbocycles. The number of fused-ring (bicyclic) bond motifs is 1. The minimum absolute atomic E-state index is 0. The number of nitrogen functional groups attached to an aromatic ring is 1. The van der Waals surface area contributed by atoms with Gasteiger partial charge in [0, 0.05) is 44.8 Å². The maximum Gasteiger partial charge on any atom is 0.332 e. The summed E-state index contributed by atoms with van der Waals surface area (Å²) < 4.78 is 4.91. The van der Waals surface area contributed by atoms with Crippen molar-refractivity contribution in [3.63, 3.8) is 0 Å². The van der Waals surface area contributed by atoms with Crippen molar-refractivity contribution in [3.05, 3.63) is 92.4 Å². The Labute approximate surface area is 246 Å². The van der Waals surface area contributed by atoms with Crippen LogP contribution in [0.15, 0.2) is 64.2 Å². The summed E-state index contributed by atoms with van der Waals surface area (Å²) in [5, 5.41) is 13.2. The third-order valence-electron chi connectivity index (χ3n) is 6.78. The maximum atomic E-state index is 13.7. The van der Waals surface area contributed by atoms with E-state index >= 15 is 0 Å². The highest BCUT2D eigenvalue weighted by atomic mass is 35.5. The summed E-state index contributed by atoms with van der Waals surface area (Å²) in [7, 11) is 0. The highest BCUT2D eigenvalue weighted by Gasteiger charge is 2.21. The van der Waals surface area contributed by atoms with Crippen LogP contribution in [-0.4, -0.2) is 43.0 Å². The Morgan fingerprint density at radius 2 is 1.65 bits per heavy atom. The Balaban J connectivity index is 0.00000280. The first-order chi connectivity index (χ1) is 18.4. The van der Waals surface area contributed by atoms with E-state index in [9.17, 15) is 14.7 Å². The number of rotatable bonds is 13. The first kappa shape index (κ1) is 33.1. The Hall–Kier alpha value is -3.11. The van der Waals surface area contributed by atoms with Crippen molar-refractivity contribution in [1.82, 2.24) is 24.0 Å². The molecule has 0 spiro atoms. The topological polar surface area (TPSA) is 120 Å². The number of imidazole rings is 1. The molecule has 4 rings (SSSR count). The normalized spacial score (nSPS) is 11.7. The van der Waals surface area contributed by atoms with Gasteiger partial charge >= 0.3 is 5.69 Å². The number of hydrogen-bond acceptors (Lipinski definition) is 6. The van der Waals surface area contributed by atoms with Gasteiger partial charge in [-0.15, -0.1) is 24.8 Å². The Morgan fingerprint density at radius 3 is 2.33 bits per heavy atom. The molecule has 1 atom stereocenters. The lowest BCUT2D eigenvalue weighted by Gasteiger charge is -2.14. The SMILES string of the molecule is CCCn1c(=O)c2c(nc(Cc3ccccc3)n2CCNCC(O)CC)n(CCc2cccc(N)c2)c1=O.Cl.Cl. The number of aliphatic hydroxyl groups is 1. The lowest BCUT2D eigenvalue weighted by molar-refractivity contribution is 0.167. The van der Waals surface area contributed by atoms with Gasteiger partial charge in [-0.3, -0.25) is 13.9 Å². The highest BCUT2D eigenvalue weighted by molar-refractivity contribution is 5.85. The summed E-state index contributed by atoms with van der Waals surface area (Å²) in [5.74, 6) is 0.729. The molecule has 1 unspecified atom stereocenters. The Bertz CT molecular complexity index is 1480. The van der Waals surface area contributed by atoms with E-state index in [0.29, 0.717) is 75.3 Å². The fraction of sp³-hybridized carbons (Fsp3) is 0.414. The average Bonchev–Trinajstić information content (AvgIpc) is 3.27. The van der Waals surface area contributed by atoms with E-state index in [2.05, 4.69) is 5.32 Å². The molecule has 4 aromatic rings. The minimum Gasteiger partial charge on any atom is -0.399 e. The molecular weight excluding hydrogens is 551 g/mol. The first-order valence-electron chi connectivity index (χ1n) is 13.4. The van der Waals surface area contributed by atoms with Crippen molar-refractivity contribution in [2.45, 2.75) is 65.3 Å². The fourth-order valence-corrected chi connectivity index (χ4v) is 4.71. The van der Waals surface area contributed by atoms with Gasteiger partial charge in [0.2, 0.25) is 0 Å². The molecule has 0 fully saturated rings. The van der Waals surface area contributed by atoms with Crippen LogP contribution in [-0.2, 0) is 32.5 Å². The smallest absolute Gasteiger partial charge is 0.332 e. The number of nitrogens with one attached hydrogen (secondary N) is 1. The van der Waals surface area contributed by atoms with Crippen LogP contribution in [0.25, 0.3) is 11.2 Å². The Morgan fingerprint density at radius 1 is 0.925 bits per heavy atom. The number of nitrogens with zero attached hydrogens (tertiary/aromatic N) is 4. The second kappa shape index (κ2) is 15.6. The molecule has 9 nitrogen and oxygen atoms in total. The van der Waals surface area contributed by atoms with Gasteiger partial charge in [0.25, 0.3) is 5.56 Å². The average molecular weight is 592 g/mol. The molecule has 0 aliphatic heterocycles. The third-order valence-corrected chi connectivity index (χ3v) is 6.78. The van der Waals surface area contributed by atoms with Gasteiger partial charge in [-0.05, 0) is 42.5 Å². The summed E-state index contributed by atoms with van der Waals surface area (Å²) in [5.41, 5.74) is 8.92. The zero-order valence-electron chi connectivity index (χ0n) is 23.1. The summed E-state index contributed by atoms with van der Waals surface area (Å²) in [4.78, 5) is 32.1. The molecule has 2 aromatic heterocycles. The number of nitrogens with two attached hydrogens (primary N) is 1. The number of benzene rings is 2. The molecule has 4 N–H and O–H groups in total. The van der Waals surface area contributed by atoms with Crippen molar-refractivity contribution < 1.29 is 5.11 Å². The van der Waals surface area contributed by atoms with Gasteiger partial charge in [-0.1, -0.05) is 56.3 Å². The predicted molar refractivity (Wildman–Crippen MR) is 166 cm³/mol. The molecule has 40 heavy (non-hydrogen) atoms. The fourth-order valence-electron chi connectivity index (χ4n) is 4.71. The molecule has 0 aliphatic carbocycles. The van der Waals surface area contributed by atoms with Crippen molar-refractivity contribution in [2.75, 3.05) is 18.8 Å². The molecule has 2 heterocycles. The second-order valence-electron chi connectivity index (χ2n) is 9.67. The summed E-state index contributed by atoms with van der Waals surface area (Å²) in [6.07, 6.45) is 2.03. The molecular formula is C29H40Cl2N6O3. The van der Waals surface area contributed by atoms with E-state index in [1.165, 1.54) is 4.57 Å². The largest absolute Gasteiger partial charge is 0.399 e. The van der Waals surface area contributed by atoms with Crippen LogP contribution < -0.4 is 22.3 Å². The molecule has 0 amide bonds. The number of halogens is 2. The lowest BCUT2D eigenvalue weighted by Crippen LogP contribution is -2.41. The van der Waals surface area contributed by atoms with Crippen LogP contribution in [0.3, 0.4) is 0 Å². The summed E-state index contributed by atoms with van der Waals surface area (Å²) in [6, 6.07) is 17.6. The van der Waals surface area contributed by atoms with Crippen LogP contribution >= 0.6 is 24.8 Å². The molecule has 0 saturated heterocycles. The standard InChI is InChI=1S/C29H38N6O3.2ClH/c1-3-15-35-28(37)26-27(34(29(35)38)16-13-22-11-8-12-23(30)18-22)32-25(19-21-9-6-5-7-10-21)33(26)17-14-31-20-24(36)4-2;;/h5-12,18,24,31,36H,3-4,13-17,19-20,30H2,1-2H3;2*1H. The zero-order chi connectivity index (χ0) is 27.1. The van der Waals surface area contributed by atoms with E-state index in [0.717, 1.165) is 17.0 Å². The van der Waals surface area contributed by atoms with Crippen LogP contribution in [0.5, 0.6) is 0 Å². The lowest BCUT2D eigenvalue weighted by atomic mass is 10.1. The van der Waals surface area contributed by atoms with Gasteiger partial charge < -0.3 is 20.7 Å². The van der Waals surface area contributed by atoms with Crippen molar-refractivity contribution in [3.8, 4) is 0 Å². The highest BCUT2D eigenvalue weighted by Crippen LogP contribution is 2.17. The van der Waals surface area contributed by atoms with E-state index in [1.54, 1.807) is 4.57 Å². The summed E-state index contributed by atoms with van der Waals surface area (Å²) >= 11 is 0. The number of aliphatic hydroxyl groups excluding tert-OH is 1. The minimum atomic E-state index is -0.419. The number of anilines is 1. The molecule has 0 saturated carbocycles. The van der Waals surface area contributed by atoms with E-state index in [1.807, 2.05) is 73.0 Å². The van der Waals surface area contributed by atoms with Crippen LogP contribution in [0.1, 0.15) is 43.6 Å². The molecule has 218 valence electrons. The van der Waals surface area contributed by atoms with Gasteiger partial charge in [0.15, 0.2) is 11.2 Å². The van der Waals surface area contributed by atoms with Crippen molar-refractivity contribution >= 4 is 41.7 Å². The third kappa shape index (κ3) is 7.75. The quantitative estimate of drug-likeness (QED) is 0.162. The maximum absolute atomic E-state index is 13.7. The molecule has 0 aliphatic rings.